The smallest absolute Gasteiger partial charge is 0.387 e. The van der Waals surface area contributed by atoms with Crippen LogP contribution in [-0.2, 0) is 17.9 Å². The van der Waals surface area contributed by atoms with Crippen LogP contribution in [0.2, 0.25) is 0 Å². The van der Waals surface area contributed by atoms with E-state index in [1.807, 2.05) is 19.2 Å². The molecule has 7 heteroatoms. The summed E-state index contributed by atoms with van der Waals surface area (Å²) in [6.07, 6.45) is 0. The van der Waals surface area contributed by atoms with Crippen LogP contribution in [0.4, 0.5) is 8.78 Å². The largest absolute Gasteiger partial charge is 0.493 e. The number of nitrogens with one attached hydrogen (secondary N) is 2. The number of methoxy groups -OCH3 is 1. The molecule has 0 aliphatic heterocycles. The van der Waals surface area contributed by atoms with Crippen molar-refractivity contribution in [1.29, 1.82) is 0 Å². The molecule has 0 spiro atoms. The van der Waals surface area contributed by atoms with Crippen molar-refractivity contribution in [3.63, 3.8) is 0 Å². The number of hydrogen-bond acceptors (Lipinski definition) is 3. The molecule has 1 atom stereocenters. The first-order valence-electron chi connectivity index (χ1n) is 8.63. The number of carbonyl (C=O) groups excluding carboxylic acids is 1. The Labute approximate surface area is 157 Å². The molecule has 0 fully saturated rings. The van der Waals surface area contributed by atoms with E-state index >= 15 is 0 Å². The van der Waals surface area contributed by atoms with Crippen LogP contribution in [0.25, 0.3) is 0 Å². The molecule has 0 heterocycles. The Balaban J connectivity index is 1.87. The van der Waals surface area contributed by atoms with Gasteiger partial charge in [-0.1, -0.05) is 30.3 Å². The van der Waals surface area contributed by atoms with Gasteiger partial charge in [0.15, 0.2) is 18.0 Å². The fourth-order valence-corrected chi connectivity index (χ4v) is 2.75. The van der Waals surface area contributed by atoms with E-state index in [4.69, 9.17) is 4.74 Å². The molecule has 2 aromatic carbocycles. The highest BCUT2D eigenvalue weighted by atomic mass is 19.3. The molecule has 2 aromatic rings. The molecule has 0 saturated carbocycles. The first-order valence-corrected chi connectivity index (χ1v) is 8.63. The molecule has 0 radical (unpaired) electrons. The van der Waals surface area contributed by atoms with Crippen molar-refractivity contribution >= 4 is 5.91 Å². The molecule has 0 saturated heterocycles. The third-order valence-electron chi connectivity index (χ3n) is 4.15. The Bertz CT molecular complexity index is 769. The summed E-state index contributed by atoms with van der Waals surface area (Å²) in [5.74, 6) is 0.0716. The third kappa shape index (κ3) is 6.53. The molecule has 1 unspecified atom stereocenters. The lowest BCUT2D eigenvalue weighted by Crippen LogP contribution is -3.08. The van der Waals surface area contributed by atoms with Gasteiger partial charge in [0.25, 0.3) is 5.91 Å². The lowest BCUT2D eigenvalue weighted by atomic mass is 10.1. The minimum atomic E-state index is -2.92. The van der Waals surface area contributed by atoms with Crippen LogP contribution in [-0.4, -0.2) is 33.2 Å². The molecule has 27 heavy (non-hydrogen) atoms. The van der Waals surface area contributed by atoms with Crippen molar-refractivity contribution in [1.82, 2.24) is 5.32 Å². The third-order valence-corrected chi connectivity index (χ3v) is 4.15. The molecule has 0 aliphatic carbocycles. The van der Waals surface area contributed by atoms with Crippen LogP contribution in [0.1, 0.15) is 16.7 Å². The monoisotopic (exact) mass is 379 g/mol. The maximum Gasteiger partial charge on any atom is 0.387 e. The molecule has 146 valence electrons. The zero-order chi connectivity index (χ0) is 19.8. The van der Waals surface area contributed by atoms with Gasteiger partial charge in [0, 0.05) is 12.1 Å². The summed E-state index contributed by atoms with van der Waals surface area (Å²) in [5, 5.41) is 2.84. The lowest BCUT2D eigenvalue weighted by molar-refractivity contribution is -0.885. The van der Waals surface area contributed by atoms with Gasteiger partial charge in [0.1, 0.15) is 6.54 Å². The minimum absolute atomic E-state index is 0.0371. The number of carbonyl (C=O) groups is 1. The van der Waals surface area contributed by atoms with Gasteiger partial charge in [0.2, 0.25) is 0 Å². The predicted molar refractivity (Wildman–Crippen MR) is 98.1 cm³/mol. The van der Waals surface area contributed by atoms with Crippen LogP contribution in [0.15, 0.2) is 42.5 Å². The van der Waals surface area contributed by atoms with E-state index in [0.717, 1.165) is 17.0 Å². The van der Waals surface area contributed by atoms with Gasteiger partial charge in [-0.25, -0.2) is 0 Å². The summed E-state index contributed by atoms with van der Waals surface area (Å²) in [7, 11) is 3.34. The van der Waals surface area contributed by atoms with Crippen molar-refractivity contribution < 1.29 is 27.9 Å². The molecule has 0 aliphatic rings. The van der Waals surface area contributed by atoms with Crippen molar-refractivity contribution in [3.05, 3.63) is 59.2 Å². The van der Waals surface area contributed by atoms with Crippen molar-refractivity contribution in [2.45, 2.75) is 26.6 Å². The maximum absolute atomic E-state index is 12.4. The van der Waals surface area contributed by atoms with E-state index in [9.17, 15) is 13.6 Å². The second kappa shape index (κ2) is 9.87. The summed E-state index contributed by atoms with van der Waals surface area (Å²) >= 11 is 0. The number of likely N-dealkylation sites (N-methyl/N-ethyl adjacent to an activating group) is 1. The number of alkyl halides is 2. The average molecular weight is 379 g/mol. The number of quaternary nitrogens is 1. The zero-order valence-electron chi connectivity index (χ0n) is 15.7. The van der Waals surface area contributed by atoms with E-state index in [0.29, 0.717) is 6.54 Å². The second-order valence-corrected chi connectivity index (χ2v) is 6.38. The Hall–Kier alpha value is -2.67. The SMILES string of the molecule is COc1cc(CNC(=O)C[NH+](C)Cc2ccccc2C)ccc1OC(F)F. The fourth-order valence-electron chi connectivity index (χ4n) is 2.75. The van der Waals surface area contributed by atoms with Gasteiger partial charge >= 0.3 is 6.61 Å². The molecular weight excluding hydrogens is 354 g/mol. The van der Waals surface area contributed by atoms with Crippen LogP contribution in [0, 0.1) is 6.92 Å². The van der Waals surface area contributed by atoms with Gasteiger partial charge < -0.3 is 19.7 Å². The first kappa shape index (κ1) is 20.6. The van der Waals surface area contributed by atoms with Gasteiger partial charge in [-0.3, -0.25) is 4.79 Å². The molecule has 0 bridgehead atoms. The normalized spacial score (nSPS) is 11.9. The zero-order valence-corrected chi connectivity index (χ0v) is 15.7. The predicted octanol–water partition coefficient (Wildman–Crippen LogP) is 1.94. The van der Waals surface area contributed by atoms with Gasteiger partial charge in [-0.05, 0) is 30.2 Å². The molecular formula is C20H25F2N2O3+. The lowest BCUT2D eigenvalue weighted by Gasteiger charge is -2.15. The standard InChI is InChI=1S/C20H24F2N2O3/c1-14-6-4-5-7-16(14)12-24(2)13-19(25)23-11-15-8-9-17(27-20(21)22)18(10-15)26-3/h4-10,20H,11-13H2,1-3H3,(H,23,25)/p+1. The van der Waals surface area contributed by atoms with Gasteiger partial charge in [-0.2, -0.15) is 8.78 Å². The summed E-state index contributed by atoms with van der Waals surface area (Å²) in [6.45, 7) is 0.501. The maximum atomic E-state index is 12.4. The highest BCUT2D eigenvalue weighted by Crippen LogP contribution is 2.29. The minimum Gasteiger partial charge on any atom is -0.493 e. The van der Waals surface area contributed by atoms with Crippen LogP contribution >= 0.6 is 0 Å². The number of hydrogen-bond donors (Lipinski definition) is 2. The Morgan fingerprint density at radius 1 is 1.19 bits per heavy atom. The molecule has 2 N–H and O–H groups in total. The van der Waals surface area contributed by atoms with Crippen molar-refractivity contribution in [3.8, 4) is 11.5 Å². The number of halogens is 2. The van der Waals surface area contributed by atoms with E-state index < -0.39 is 6.61 Å². The Morgan fingerprint density at radius 2 is 1.93 bits per heavy atom. The number of rotatable bonds is 9. The fraction of sp³-hybridized carbons (Fsp3) is 0.350. The van der Waals surface area contributed by atoms with Crippen molar-refractivity contribution in [2.75, 3.05) is 20.7 Å². The van der Waals surface area contributed by atoms with Crippen LogP contribution in [0.3, 0.4) is 0 Å². The van der Waals surface area contributed by atoms with E-state index in [1.165, 1.54) is 24.3 Å². The van der Waals surface area contributed by atoms with E-state index in [-0.39, 0.29) is 24.0 Å². The Morgan fingerprint density at radius 3 is 2.59 bits per heavy atom. The quantitative estimate of drug-likeness (QED) is 0.700. The van der Waals surface area contributed by atoms with Crippen molar-refractivity contribution in [2.24, 2.45) is 0 Å². The van der Waals surface area contributed by atoms with E-state index in [1.54, 1.807) is 12.1 Å². The summed E-state index contributed by atoms with van der Waals surface area (Å²) in [6, 6.07) is 12.7. The number of ether oxygens (including phenoxy) is 2. The number of amides is 1. The molecule has 1 amide bonds. The van der Waals surface area contributed by atoms with E-state index in [2.05, 4.69) is 29.1 Å². The molecule has 0 aromatic heterocycles. The highest BCUT2D eigenvalue weighted by Gasteiger charge is 2.13. The summed E-state index contributed by atoms with van der Waals surface area (Å²) in [4.78, 5) is 13.3. The average Bonchev–Trinajstić information content (AvgIpc) is 2.62. The number of aryl methyl sites for hydroxylation is 1. The van der Waals surface area contributed by atoms with Gasteiger partial charge in [0.05, 0.1) is 14.2 Å². The number of benzene rings is 2. The van der Waals surface area contributed by atoms with Gasteiger partial charge in [-0.15, -0.1) is 0 Å². The molecule has 2 rings (SSSR count). The highest BCUT2D eigenvalue weighted by molar-refractivity contribution is 5.76. The van der Waals surface area contributed by atoms with Crippen LogP contribution < -0.4 is 19.7 Å². The second-order valence-electron chi connectivity index (χ2n) is 6.38. The Kier molecular flexibility index (Phi) is 7.55. The summed E-state index contributed by atoms with van der Waals surface area (Å²) in [5.41, 5.74) is 3.15. The molecule has 5 nitrogen and oxygen atoms in total. The summed E-state index contributed by atoms with van der Waals surface area (Å²) < 4.78 is 34.2. The van der Waals surface area contributed by atoms with Crippen LogP contribution in [0.5, 0.6) is 11.5 Å². The first-order chi connectivity index (χ1) is 12.9. The topological polar surface area (TPSA) is 52.0 Å².